The first-order valence-corrected chi connectivity index (χ1v) is 19.3. The van der Waals surface area contributed by atoms with Crippen molar-refractivity contribution in [2.24, 2.45) is 0 Å². The molecule has 0 amide bonds. The molecule has 0 saturated heterocycles. The molecule has 0 saturated carbocycles. The number of para-hydroxylation sites is 2. The molecule has 0 fully saturated rings. The highest BCUT2D eigenvalue weighted by atomic mass is 16.3. The Balaban J connectivity index is 1.26. The van der Waals surface area contributed by atoms with Gasteiger partial charge in [-0.3, -0.25) is 4.90 Å². The fourth-order valence-electron chi connectivity index (χ4n) is 9.48. The molecule has 5 heteroatoms. The molecular formula is C52H37N3O2. The van der Waals surface area contributed by atoms with E-state index in [4.69, 9.17) is 4.98 Å². The van der Waals surface area contributed by atoms with Crippen molar-refractivity contribution in [3.63, 3.8) is 0 Å². The van der Waals surface area contributed by atoms with Crippen LogP contribution in [-0.2, 0) is 5.41 Å². The molecule has 0 aliphatic heterocycles. The number of hydrogen-bond donors (Lipinski definition) is 2. The average molecular weight is 736 g/mol. The monoisotopic (exact) mass is 735 g/mol. The number of pyridine rings is 1. The summed E-state index contributed by atoms with van der Waals surface area (Å²) >= 11 is 0. The molecule has 0 atom stereocenters. The van der Waals surface area contributed by atoms with E-state index in [1.807, 2.05) is 66.7 Å². The minimum Gasteiger partial charge on any atom is -0.507 e. The van der Waals surface area contributed by atoms with Crippen molar-refractivity contribution in [2.75, 3.05) is 9.80 Å². The third kappa shape index (κ3) is 4.79. The molecular weight excluding hydrogens is 699 g/mol. The normalized spacial score (nSPS) is 13.0. The van der Waals surface area contributed by atoms with E-state index in [-0.39, 0.29) is 16.9 Å². The van der Waals surface area contributed by atoms with Crippen LogP contribution < -0.4 is 9.80 Å². The van der Waals surface area contributed by atoms with Crippen LogP contribution >= 0.6 is 0 Å². The molecule has 1 heterocycles. The van der Waals surface area contributed by atoms with E-state index in [9.17, 15) is 10.2 Å². The van der Waals surface area contributed by atoms with E-state index in [2.05, 4.69) is 127 Å². The van der Waals surface area contributed by atoms with Crippen LogP contribution in [0.2, 0.25) is 0 Å². The third-order valence-corrected chi connectivity index (χ3v) is 12.0. The van der Waals surface area contributed by atoms with E-state index in [1.54, 1.807) is 6.20 Å². The molecule has 272 valence electrons. The Kier molecular flexibility index (Phi) is 7.13. The lowest BCUT2D eigenvalue weighted by molar-refractivity contribution is 0.481. The molecule has 1 aliphatic rings. The van der Waals surface area contributed by atoms with Crippen LogP contribution in [-0.4, -0.2) is 15.2 Å². The Bertz CT molecular complexity index is 3140. The van der Waals surface area contributed by atoms with E-state index in [1.165, 1.54) is 22.3 Å². The molecule has 1 aromatic heterocycles. The summed E-state index contributed by atoms with van der Waals surface area (Å²) in [5.41, 5.74) is 9.41. The van der Waals surface area contributed by atoms with Crippen LogP contribution in [0.4, 0.5) is 34.3 Å². The first-order valence-electron chi connectivity index (χ1n) is 19.3. The lowest BCUT2D eigenvalue weighted by Crippen LogP contribution is -2.16. The summed E-state index contributed by atoms with van der Waals surface area (Å²) in [7, 11) is 0. The smallest absolute Gasteiger partial charge is 0.137 e. The van der Waals surface area contributed by atoms with Crippen LogP contribution in [0.5, 0.6) is 11.5 Å². The quantitative estimate of drug-likeness (QED) is 0.132. The number of nitrogens with zero attached hydrogens (tertiary/aromatic N) is 3. The van der Waals surface area contributed by atoms with Crippen LogP contribution in [0.15, 0.2) is 176 Å². The number of phenolic OH excluding ortho intramolecular Hbond substituents is 2. The van der Waals surface area contributed by atoms with Gasteiger partial charge in [0.05, 0.1) is 11.4 Å². The second kappa shape index (κ2) is 12.3. The predicted molar refractivity (Wildman–Crippen MR) is 236 cm³/mol. The zero-order valence-corrected chi connectivity index (χ0v) is 31.5. The number of fused-ring (bicyclic) bond motifs is 6. The number of phenols is 2. The Morgan fingerprint density at radius 3 is 1.75 bits per heavy atom. The number of rotatable bonds is 6. The molecule has 2 N–H and O–H groups in total. The Labute approximate surface area is 330 Å². The van der Waals surface area contributed by atoms with Crippen molar-refractivity contribution in [3.8, 4) is 22.6 Å². The van der Waals surface area contributed by atoms with Gasteiger partial charge in [-0.25, -0.2) is 4.98 Å². The van der Waals surface area contributed by atoms with E-state index in [0.29, 0.717) is 0 Å². The summed E-state index contributed by atoms with van der Waals surface area (Å²) in [6.45, 7) is 4.61. The van der Waals surface area contributed by atoms with Gasteiger partial charge in [0.2, 0.25) is 0 Å². The zero-order chi connectivity index (χ0) is 38.4. The van der Waals surface area contributed by atoms with Gasteiger partial charge in [0, 0.05) is 73.1 Å². The Hall–Kier alpha value is -7.37. The van der Waals surface area contributed by atoms with Gasteiger partial charge < -0.3 is 15.1 Å². The van der Waals surface area contributed by atoms with Crippen molar-refractivity contribution in [2.45, 2.75) is 19.3 Å². The number of benzene rings is 9. The maximum absolute atomic E-state index is 12.3. The zero-order valence-electron chi connectivity index (χ0n) is 31.5. The van der Waals surface area contributed by atoms with E-state index >= 15 is 0 Å². The highest BCUT2D eigenvalue weighted by molar-refractivity contribution is 6.39. The van der Waals surface area contributed by atoms with Gasteiger partial charge in [0.15, 0.2) is 0 Å². The number of hydrogen-bond acceptors (Lipinski definition) is 5. The summed E-state index contributed by atoms with van der Waals surface area (Å²) in [6, 6.07) is 58.0. The molecule has 9 aromatic carbocycles. The fourth-order valence-corrected chi connectivity index (χ4v) is 9.48. The molecule has 0 radical (unpaired) electrons. The molecule has 1 aliphatic carbocycles. The maximum atomic E-state index is 12.3. The number of anilines is 6. The second-order valence-electron chi connectivity index (χ2n) is 15.5. The van der Waals surface area contributed by atoms with Crippen molar-refractivity contribution < 1.29 is 10.2 Å². The Morgan fingerprint density at radius 2 is 1.02 bits per heavy atom. The largest absolute Gasteiger partial charge is 0.507 e. The fraction of sp³-hybridized carbons (Fsp3) is 0.0577. The SMILES string of the molecule is CC1(C)c2ccccc2-c2ccc(N(c3ccccc3)c3cc(O)c4ccc5c(N(c6ccccc6)c6ccccn6)cc(O)c6c7ccccc7c3c4c56)cc21. The van der Waals surface area contributed by atoms with Gasteiger partial charge in [-0.2, -0.15) is 0 Å². The lowest BCUT2D eigenvalue weighted by atomic mass is 9.82. The molecule has 10 aromatic rings. The number of aromatic hydroxyl groups is 2. The van der Waals surface area contributed by atoms with E-state index in [0.717, 1.165) is 77.3 Å². The van der Waals surface area contributed by atoms with Crippen LogP contribution in [0.1, 0.15) is 25.0 Å². The molecule has 5 nitrogen and oxygen atoms in total. The summed E-state index contributed by atoms with van der Waals surface area (Å²) in [4.78, 5) is 9.16. The summed E-state index contributed by atoms with van der Waals surface area (Å²) in [6.07, 6.45) is 1.79. The molecule has 11 rings (SSSR count). The first-order chi connectivity index (χ1) is 27.9. The molecule has 57 heavy (non-hydrogen) atoms. The van der Waals surface area contributed by atoms with Crippen molar-refractivity contribution in [1.29, 1.82) is 0 Å². The molecule has 0 unspecified atom stereocenters. The number of aromatic nitrogens is 1. The van der Waals surface area contributed by atoms with Crippen molar-refractivity contribution >= 4 is 77.3 Å². The minimum atomic E-state index is -0.200. The average Bonchev–Trinajstić information content (AvgIpc) is 3.48. The lowest BCUT2D eigenvalue weighted by Gasteiger charge is -2.31. The van der Waals surface area contributed by atoms with Crippen LogP contribution in [0.25, 0.3) is 54.2 Å². The van der Waals surface area contributed by atoms with Crippen molar-refractivity contribution in [3.05, 3.63) is 187 Å². The van der Waals surface area contributed by atoms with E-state index < -0.39 is 0 Å². The minimum absolute atomic E-state index is 0.158. The molecule has 0 spiro atoms. The summed E-state index contributed by atoms with van der Waals surface area (Å²) in [5.74, 6) is 1.05. The van der Waals surface area contributed by atoms with Gasteiger partial charge in [-0.1, -0.05) is 117 Å². The Morgan fingerprint density at radius 1 is 0.421 bits per heavy atom. The van der Waals surface area contributed by atoms with Crippen molar-refractivity contribution in [1.82, 2.24) is 4.98 Å². The van der Waals surface area contributed by atoms with Gasteiger partial charge in [0.1, 0.15) is 17.3 Å². The predicted octanol–water partition coefficient (Wildman–Crippen LogP) is 13.8. The molecule has 0 bridgehead atoms. The highest BCUT2D eigenvalue weighted by Crippen LogP contribution is 2.56. The first kappa shape index (κ1) is 33.0. The summed E-state index contributed by atoms with van der Waals surface area (Å²) < 4.78 is 0. The van der Waals surface area contributed by atoms with Gasteiger partial charge >= 0.3 is 0 Å². The topological polar surface area (TPSA) is 59.8 Å². The standard InChI is InChI=1S/C52H37N3O2/c1-52(2)41-22-12-11-19-35(41)36-25-24-34(29-42(36)52)54(32-15-5-3-6-16-32)44-31-45(56)40-27-26-39-43(55(33-17-7-4-8-18-33)47-23-13-14-28-53-47)30-46(57)49-38-21-10-9-20-37(38)48(44)51(40)50(39)49/h3-31,56-57H,1-2H3. The maximum Gasteiger partial charge on any atom is 0.137 e. The van der Waals surface area contributed by atoms with Gasteiger partial charge in [-0.15, -0.1) is 0 Å². The highest BCUT2D eigenvalue weighted by Gasteiger charge is 2.36. The summed E-state index contributed by atoms with van der Waals surface area (Å²) in [5, 5.41) is 31.5. The van der Waals surface area contributed by atoms with Crippen LogP contribution in [0, 0.1) is 0 Å². The van der Waals surface area contributed by atoms with Gasteiger partial charge in [-0.05, 0) is 87.6 Å². The van der Waals surface area contributed by atoms with Crippen LogP contribution in [0.3, 0.4) is 0 Å². The third-order valence-electron chi connectivity index (χ3n) is 12.0. The van der Waals surface area contributed by atoms with Gasteiger partial charge in [0.25, 0.3) is 0 Å². The second-order valence-corrected chi connectivity index (χ2v) is 15.5.